The summed E-state index contributed by atoms with van der Waals surface area (Å²) >= 11 is 5.89. The molecule has 0 bridgehead atoms. The van der Waals surface area contributed by atoms with Crippen LogP contribution in [0.1, 0.15) is 18.4 Å². The summed E-state index contributed by atoms with van der Waals surface area (Å²) in [4.78, 5) is 0. The fraction of sp³-hybridized carbons (Fsp3) is 0.500. The lowest BCUT2D eigenvalue weighted by atomic mass is 10.1. The fourth-order valence-corrected chi connectivity index (χ4v) is 1.89. The summed E-state index contributed by atoms with van der Waals surface area (Å²) in [7, 11) is 0. The zero-order valence-electron chi connectivity index (χ0n) is 9.27. The highest BCUT2D eigenvalue weighted by molar-refractivity contribution is 6.32. The third-order valence-corrected chi connectivity index (χ3v) is 3.34. The van der Waals surface area contributed by atoms with E-state index in [1.54, 1.807) is 18.2 Å². The molecule has 1 aliphatic rings. The molecule has 1 nitrogen and oxygen atoms in total. The van der Waals surface area contributed by atoms with Gasteiger partial charge >= 0.3 is 6.18 Å². The molecule has 1 fully saturated rings. The van der Waals surface area contributed by atoms with Crippen LogP contribution in [0.15, 0.2) is 18.2 Å². The van der Waals surface area contributed by atoms with Crippen molar-refractivity contribution < 1.29 is 17.9 Å². The molecule has 0 aliphatic heterocycles. The van der Waals surface area contributed by atoms with Gasteiger partial charge in [-0.15, -0.1) is 0 Å². The highest BCUT2D eigenvalue weighted by Gasteiger charge is 2.63. The van der Waals surface area contributed by atoms with Gasteiger partial charge in [-0.3, -0.25) is 0 Å². The van der Waals surface area contributed by atoms with Gasteiger partial charge in [-0.05, 0) is 37.5 Å². The van der Waals surface area contributed by atoms with Crippen molar-refractivity contribution in [2.75, 3.05) is 6.61 Å². The Hall–Kier alpha value is -0.900. The highest BCUT2D eigenvalue weighted by atomic mass is 35.5. The molecule has 17 heavy (non-hydrogen) atoms. The largest absolute Gasteiger partial charge is 0.491 e. The van der Waals surface area contributed by atoms with E-state index < -0.39 is 11.6 Å². The monoisotopic (exact) mass is 264 g/mol. The van der Waals surface area contributed by atoms with Crippen molar-refractivity contribution in [2.24, 2.45) is 5.41 Å². The van der Waals surface area contributed by atoms with E-state index in [1.807, 2.05) is 6.92 Å². The van der Waals surface area contributed by atoms with Crippen molar-refractivity contribution >= 4 is 11.6 Å². The molecule has 1 aliphatic carbocycles. The number of hydrogen-bond donors (Lipinski definition) is 0. The van der Waals surface area contributed by atoms with Gasteiger partial charge in [0, 0.05) is 0 Å². The Morgan fingerprint density at radius 1 is 1.35 bits per heavy atom. The number of ether oxygens (including phenoxy) is 1. The Balaban J connectivity index is 2.04. The maximum absolute atomic E-state index is 12.7. The van der Waals surface area contributed by atoms with Gasteiger partial charge in [0.05, 0.1) is 5.02 Å². The van der Waals surface area contributed by atoms with Crippen LogP contribution in [0.3, 0.4) is 0 Å². The Morgan fingerprint density at radius 2 is 2.00 bits per heavy atom. The average molecular weight is 265 g/mol. The van der Waals surface area contributed by atoms with Gasteiger partial charge in [-0.25, -0.2) is 0 Å². The second kappa shape index (κ2) is 4.09. The van der Waals surface area contributed by atoms with Crippen molar-refractivity contribution in [2.45, 2.75) is 25.9 Å². The molecule has 1 aromatic rings. The summed E-state index contributed by atoms with van der Waals surface area (Å²) in [5.74, 6) is 0.313. The van der Waals surface area contributed by atoms with Crippen molar-refractivity contribution in [3.8, 4) is 5.75 Å². The first-order valence-corrected chi connectivity index (χ1v) is 5.68. The Labute approximate surface area is 103 Å². The molecule has 0 saturated heterocycles. The SMILES string of the molecule is Cc1ccc(OCC2(C(F)(F)F)CC2)c(Cl)c1. The van der Waals surface area contributed by atoms with E-state index >= 15 is 0 Å². The molecular weight excluding hydrogens is 253 g/mol. The van der Waals surface area contributed by atoms with Crippen LogP contribution in [0.25, 0.3) is 0 Å². The van der Waals surface area contributed by atoms with E-state index in [4.69, 9.17) is 16.3 Å². The topological polar surface area (TPSA) is 9.23 Å². The predicted octanol–water partition coefficient (Wildman–Crippen LogP) is 4.37. The standard InChI is InChI=1S/C12H12ClF3O/c1-8-2-3-10(9(13)6-8)17-7-11(4-5-11)12(14,15)16/h2-3,6H,4-5,7H2,1H3. The van der Waals surface area contributed by atoms with Crippen molar-refractivity contribution in [3.05, 3.63) is 28.8 Å². The summed E-state index contributed by atoms with van der Waals surface area (Å²) < 4.78 is 43.1. The number of aryl methyl sites for hydroxylation is 1. The molecule has 5 heteroatoms. The zero-order valence-corrected chi connectivity index (χ0v) is 10.0. The van der Waals surface area contributed by atoms with E-state index in [-0.39, 0.29) is 19.4 Å². The summed E-state index contributed by atoms with van der Waals surface area (Å²) in [6, 6.07) is 5.03. The molecular formula is C12H12ClF3O. The Bertz CT molecular complexity index is 424. The Morgan fingerprint density at radius 3 is 2.47 bits per heavy atom. The zero-order chi connectivity index (χ0) is 12.7. The minimum Gasteiger partial charge on any atom is -0.491 e. The maximum atomic E-state index is 12.7. The van der Waals surface area contributed by atoms with Crippen LogP contribution in [0.4, 0.5) is 13.2 Å². The lowest BCUT2D eigenvalue weighted by Gasteiger charge is -2.20. The molecule has 94 valence electrons. The first-order valence-electron chi connectivity index (χ1n) is 5.30. The fourth-order valence-electron chi connectivity index (χ4n) is 1.60. The molecule has 0 amide bonds. The maximum Gasteiger partial charge on any atom is 0.397 e. The summed E-state index contributed by atoms with van der Waals surface area (Å²) in [5.41, 5.74) is -0.708. The predicted molar refractivity (Wildman–Crippen MR) is 59.4 cm³/mol. The van der Waals surface area contributed by atoms with E-state index in [0.29, 0.717) is 10.8 Å². The Kier molecular flexibility index (Phi) is 3.02. The minimum absolute atomic E-state index is 0.139. The minimum atomic E-state index is -4.19. The molecule has 1 aromatic carbocycles. The van der Waals surface area contributed by atoms with Crippen LogP contribution in [0.2, 0.25) is 5.02 Å². The van der Waals surface area contributed by atoms with Crippen LogP contribution in [-0.4, -0.2) is 12.8 Å². The van der Waals surface area contributed by atoms with Gasteiger partial charge < -0.3 is 4.74 Å². The molecule has 0 radical (unpaired) electrons. The number of halogens is 4. The molecule has 0 N–H and O–H groups in total. The van der Waals surface area contributed by atoms with E-state index in [1.165, 1.54) is 0 Å². The van der Waals surface area contributed by atoms with Gasteiger partial charge in [-0.2, -0.15) is 13.2 Å². The number of hydrogen-bond acceptors (Lipinski definition) is 1. The average Bonchev–Trinajstić information content (AvgIpc) is 2.96. The van der Waals surface area contributed by atoms with Crippen molar-refractivity contribution in [1.29, 1.82) is 0 Å². The van der Waals surface area contributed by atoms with Crippen LogP contribution in [-0.2, 0) is 0 Å². The molecule has 0 heterocycles. The normalized spacial score (nSPS) is 17.9. The molecule has 0 aromatic heterocycles. The number of alkyl halides is 3. The number of benzene rings is 1. The van der Waals surface area contributed by atoms with Crippen molar-refractivity contribution in [1.82, 2.24) is 0 Å². The van der Waals surface area contributed by atoms with Gasteiger partial charge in [0.15, 0.2) is 0 Å². The van der Waals surface area contributed by atoms with Crippen LogP contribution >= 0.6 is 11.6 Å². The van der Waals surface area contributed by atoms with E-state index in [2.05, 4.69) is 0 Å². The lowest BCUT2D eigenvalue weighted by molar-refractivity contribution is -0.194. The van der Waals surface area contributed by atoms with E-state index in [9.17, 15) is 13.2 Å². The first kappa shape index (κ1) is 12.6. The lowest BCUT2D eigenvalue weighted by Crippen LogP contribution is -2.30. The summed E-state index contributed by atoms with van der Waals surface area (Å²) in [5, 5.41) is 0.350. The van der Waals surface area contributed by atoms with Gasteiger partial charge in [0.25, 0.3) is 0 Å². The smallest absolute Gasteiger partial charge is 0.397 e. The van der Waals surface area contributed by atoms with Crippen LogP contribution in [0.5, 0.6) is 5.75 Å². The number of rotatable bonds is 3. The molecule has 0 atom stereocenters. The molecule has 0 spiro atoms. The molecule has 0 unspecified atom stereocenters. The quantitative estimate of drug-likeness (QED) is 0.788. The first-order chi connectivity index (χ1) is 7.84. The highest BCUT2D eigenvalue weighted by Crippen LogP contribution is 2.57. The second-order valence-corrected chi connectivity index (χ2v) is 4.91. The second-order valence-electron chi connectivity index (χ2n) is 4.50. The molecule has 1 saturated carbocycles. The van der Waals surface area contributed by atoms with Crippen molar-refractivity contribution in [3.63, 3.8) is 0 Å². The van der Waals surface area contributed by atoms with E-state index in [0.717, 1.165) is 5.56 Å². The van der Waals surface area contributed by atoms with Gasteiger partial charge in [0.1, 0.15) is 17.8 Å². The van der Waals surface area contributed by atoms with Crippen LogP contribution in [0, 0.1) is 12.3 Å². The van der Waals surface area contributed by atoms with Gasteiger partial charge in [0.2, 0.25) is 0 Å². The summed E-state index contributed by atoms with van der Waals surface area (Å²) in [6.45, 7) is 1.51. The summed E-state index contributed by atoms with van der Waals surface area (Å²) in [6.07, 6.45) is -3.91. The third kappa shape index (κ3) is 2.51. The third-order valence-electron chi connectivity index (χ3n) is 3.05. The van der Waals surface area contributed by atoms with Gasteiger partial charge in [-0.1, -0.05) is 17.7 Å². The molecule has 2 rings (SSSR count). The van der Waals surface area contributed by atoms with Crippen LogP contribution < -0.4 is 4.74 Å².